The Bertz CT molecular complexity index is 421. The molecule has 1 rings (SSSR count). The van der Waals surface area contributed by atoms with E-state index in [4.69, 9.17) is 16.9 Å². The molecular weight excluding hydrogens is 202 g/mol. The Labute approximate surface area is 76.6 Å². The molecule has 1 aromatic rings. The highest BCUT2D eigenvalue weighted by Crippen LogP contribution is 2.24. The number of halogens is 3. The number of aromatic amines is 1. The van der Waals surface area contributed by atoms with Gasteiger partial charge in [-0.25, -0.2) is 8.78 Å². The van der Waals surface area contributed by atoms with Gasteiger partial charge in [0, 0.05) is 0 Å². The Morgan fingerprint density at radius 1 is 1.62 bits per heavy atom. The van der Waals surface area contributed by atoms with Crippen LogP contribution in [0.4, 0.5) is 8.78 Å². The van der Waals surface area contributed by atoms with Crippen molar-refractivity contribution in [1.29, 1.82) is 5.26 Å². The number of hydrogen-bond acceptors (Lipinski definition) is 2. The Hall–Kier alpha value is -1.41. The van der Waals surface area contributed by atoms with Gasteiger partial charge in [0.15, 0.2) is 0 Å². The molecule has 0 radical (unpaired) electrons. The molecule has 0 aliphatic rings. The van der Waals surface area contributed by atoms with Gasteiger partial charge < -0.3 is 4.98 Å². The number of H-pyrrole nitrogens is 1. The second-order valence-electron chi connectivity index (χ2n) is 2.19. The van der Waals surface area contributed by atoms with E-state index in [1.54, 1.807) is 0 Å². The van der Waals surface area contributed by atoms with Gasteiger partial charge in [0.2, 0.25) is 0 Å². The summed E-state index contributed by atoms with van der Waals surface area (Å²) in [6, 6.07) is 2.27. The molecule has 68 valence electrons. The maximum Gasteiger partial charge on any atom is 0.266 e. The predicted molar refractivity (Wildman–Crippen MR) is 41.7 cm³/mol. The molecule has 0 bridgehead atoms. The fourth-order valence-electron chi connectivity index (χ4n) is 0.765. The van der Waals surface area contributed by atoms with Crippen molar-refractivity contribution in [3.8, 4) is 6.07 Å². The Balaban J connectivity index is 3.42. The summed E-state index contributed by atoms with van der Waals surface area (Å²) in [6.45, 7) is 0. The third kappa shape index (κ3) is 1.84. The number of nitrogens with zero attached hydrogens (tertiary/aromatic N) is 1. The van der Waals surface area contributed by atoms with E-state index < -0.39 is 22.7 Å². The first-order chi connectivity index (χ1) is 6.06. The number of pyridine rings is 1. The van der Waals surface area contributed by atoms with Gasteiger partial charge in [-0.05, 0) is 6.07 Å². The first-order valence-corrected chi connectivity index (χ1v) is 3.55. The van der Waals surface area contributed by atoms with Crippen molar-refractivity contribution in [3.63, 3.8) is 0 Å². The standard InChI is InChI=1S/C7H3ClF2N2O/c8-5-4(6(9)10)1-3(2-11)7(13)12-5/h1,6H,(H,12,13). The van der Waals surface area contributed by atoms with E-state index >= 15 is 0 Å². The molecule has 0 fully saturated rings. The molecule has 0 aliphatic heterocycles. The van der Waals surface area contributed by atoms with Crippen LogP contribution in [0.5, 0.6) is 0 Å². The van der Waals surface area contributed by atoms with Crippen molar-refractivity contribution in [3.05, 3.63) is 32.7 Å². The topological polar surface area (TPSA) is 56.6 Å². The highest BCUT2D eigenvalue weighted by molar-refractivity contribution is 6.30. The second-order valence-corrected chi connectivity index (χ2v) is 2.57. The van der Waals surface area contributed by atoms with Crippen LogP contribution in [0.1, 0.15) is 17.6 Å². The number of aromatic nitrogens is 1. The molecule has 0 saturated carbocycles. The summed E-state index contributed by atoms with van der Waals surface area (Å²) in [5.74, 6) is 0. The third-order valence-electron chi connectivity index (χ3n) is 1.38. The van der Waals surface area contributed by atoms with Crippen LogP contribution in [0.3, 0.4) is 0 Å². The Morgan fingerprint density at radius 2 is 2.23 bits per heavy atom. The Morgan fingerprint density at radius 3 is 2.69 bits per heavy atom. The van der Waals surface area contributed by atoms with E-state index in [0.29, 0.717) is 0 Å². The zero-order valence-electron chi connectivity index (χ0n) is 6.14. The summed E-state index contributed by atoms with van der Waals surface area (Å²) >= 11 is 5.31. The van der Waals surface area contributed by atoms with E-state index in [9.17, 15) is 13.6 Å². The summed E-state index contributed by atoms with van der Waals surface area (Å²) in [5, 5.41) is 7.93. The highest BCUT2D eigenvalue weighted by Gasteiger charge is 2.14. The molecule has 0 saturated heterocycles. The molecule has 1 N–H and O–H groups in total. The lowest BCUT2D eigenvalue weighted by Gasteiger charge is -2.01. The van der Waals surface area contributed by atoms with Crippen molar-refractivity contribution < 1.29 is 8.78 Å². The zero-order valence-corrected chi connectivity index (χ0v) is 6.90. The monoisotopic (exact) mass is 204 g/mol. The minimum atomic E-state index is -2.81. The van der Waals surface area contributed by atoms with E-state index in [1.165, 1.54) is 6.07 Å². The smallest absolute Gasteiger partial charge is 0.266 e. The van der Waals surface area contributed by atoms with Gasteiger partial charge in [0.25, 0.3) is 12.0 Å². The third-order valence-corrected chi connectivity index (χ3v) is 1.69. The first-order valence-electron chi connectivity index (χ1n) is 3.17. The average molecular weight is 205 g/mol. The van der Waals surface area contributed by atoms with E-state index in [-0.39, 0.29) is 5.56 Å². The number of nitrogens with one attached hydrogen (secondary N) is 1. The van der Waals surface area contributed by atoms with Crippen molar-refractivity contribution >= 4 is 11.6 Å². The molecular formula is C7H3ClF2N2O. The van der Waals surface area contributed by atoms with Gasteiger partial charge in [0.1, 0.15) is 16.8 Å². The molecule has 0 spiro atoms. The number of alkyl halides is 2. The maximum absolute atomic E-state index is 12.2. The van der Waals surface area contributed by atoms with Crippen molar-refractivity contribution in [1.82, 2.24) is 4.98 Å². The fourth-order valence-corrected chi connectivity index (χ4v) is 0.988. The average Bonchev–Trinajstić information content (AvgIpc) is 2.03. The van der Waals surface area contributed by atoms with Crippen LogP contribution >= 0.6 is 11.6 Å². The van der Waals surface area contributed by atoms with Crippen LogP contribution in [0.2, 0.25) is 5.15 Å². The molecule has 13 heavy (non-hydrogen) atoms. The molecule has 3 nitrogen and oxygen atoms in total. The minimum Gasteiger partial charge on any atom is -0.311 e. The van der Waals surface area contributed by atoms with Crippen LogP contribution in [-0.4, -0.2) is 4.98 Å². The summed E-state index contributed by atoms with van der Waals surface area (Å²) in [5.41, 5.74) is -1.69. The van der Waals surface area contributed by atoms with Gasteiger partial charge in [-0.15, -0.1) is 0 Å². The van der Waals surface area contributed by atoms with Gasteiger partial charge in [-0.2, -0.15) is 5.26 Å². The largest absolute Gasteiger partial charge is 0.311 e. The normalized spacial score (nSPS) is 10.1. The van der Waals surface area contributed by atoms with Gasteiger partial charge in [0.05, 0.1) is 5.56 Å². The van der Waals surface area contributed by atoms with Crippen LogP contribution in [0.15, 0.2) is 10.9 Å². The van der Waals surface area contributed by atoms with Crippen molar-refractivity contribution in [2.45, 2.75) is 6.43 Å². The Kier molecular flexibility index (Phi) is 2.63. The molecule has 0 aliphatic carbocycles. The van der Waals surface area contributed by atoms with Crippen molar-refractivity contribution in [2.75, 3.05) is 0 Å². The number of hydrogen-bond donors (Lipinski definition) is 1. The molecule has 0 atom stereocenters. The lowest BCUT2D eigenvalue weighted by molar-refractivity contribution is 0.151. The molecule has 1 heterocycles. The fraction of sp³-hybridized carbons (Fsp3) is 0.143. The molecule has 0 amide bonds. The summed E-state index contributed by atoms with van der Waals surface area (Å²) in [6.07, 6.45) is -2.81. The van der Waals surface area contributed by atoms with Crippen LogP contribution in [0, 0.1) is 11.3 Å². The van der Waals surface area contributed by atoms with E-state index in [2.05, 4.69) is 0 Å². The second kappa shape index (κ2) is 3.54. The maximum atomic E-state index is 12.2. The molecule has 0 unspecified atom stereocenters. The van der Waals surface area contributed by atoms with E-state index in [0.717, 1.165) is 6.07 Å². The molecule has 1 aromatic heterocycles. The summed E-state index contributed by atoms with van der Waals surface area (Å²) in [7, 11) is 0. The highest BCUT2D eigenvalue weighted by atomic mass is 35.5. The van der Waals surface area contributed by atoms with Gasteiger partial charge in [-0.1, -0.05) is 11.6 Å². The van der Waals surface area contributed by atoms with Gasteiger partial charge >= 0.3 is 0 Å². The lowest BCUT2D eigenvalue weighted by atomic mass is 10.2. The summed E-state index contributed by atoms with van der Waals surface area (Å²) in [4.78, 5) is 12.8. The minimum absolute atomic E-state index is 0.375. The quantitative estimate of drug-likeness (QED) is 0.710. The molecule has 6 heteroatoms. The zero-order chi connectivity index (χ0) is 10.0. The lowest BCUT2D eigenvalue weighted by Crippen LogP contribution is -2.11. The number of rotatable bonds is 1. The van der Waals surface area contributed by atoms with Crippen molar-refractivity contribution in [2.24, 2.45) is 0 Å². The SMILES string of the molecule is N#Cc1cc(C(F)F)c(Cl)[nH]c1=O. The summed E-state index contributed by atoms with van der Waals surface area (Å²) < 4.78 is 24.3. The first kappa shape index (κ1) is 9.68. The van der Waals surface area contributed by atoms with Crippen LogP contribution in [-0.2, 0) is 0 Å². The van der Waals surface area contributed by atoms with E-state index in [1.807, 2.05) is 4.98 Å². The predicted octanol–water partition coefficient (Wildman–Crippen LogP) is 1.84. The molecule has 0 aromatic carbocycles. The number of nitriles is 1. The van der Waals surface area contributed by atoms with Gasteiger partial charge in [-0.3, -0.25) is 4.79 Å². The van der Waals surface area contributed by atoms with Crippen LogP contribution < -0.4 is 5.56 Å². The van der Waals surface area contributed by atoms with Crippen LogP contribution in [0.25, 0.3) is 0 Å².